The van der Waals surface area contributed by atoms with Crippen LogP contribution >= 0.6 is 12.4 Å². The van der Waals surface area contributed by atoms with E-state index in [1.165, 1.54) is 5.56 Å². The van der Waals surface area contributed by atoms with Gasteiger partial charge in [-0.25, -0.2) is 0 Å². The van der Waals surface area contributed by atoms with Crippen molar-refractivity contribution >= 4 is 18.4 Å². The molecule has 0 amide bonds. The molecule has 2 rings (SSSR count). The number of hydrogen-bond acceptors (Lipinski definition) is 4. The fourth-order valence-electron chi connectivity index (χ4n) is 3.48. The molecule has 1 aliphatic rings. The molecule has 1 saturated heterocycles. The highest BCUT2D eigenvalue weighted by molar-refractivity contribution is 5.85. The summed E-state index contributed by atoms with van der Waals surface area (Å²) in [5, 5.41) is 0. The minimum atomic E-state index is -0.515. The molecule has 0 saturated carbocycles. The number of carbonyl (C=O) groups is 1. The maximum atomic E-state index is 12.2. The van der Waals surface area contributed by atoms with Gasteiger partial charge in [-0.3, -0.25) is 4.79 Å². The quantitative estimate of drug-likeness (QED) is 0.776. The normalized spacial score (nSPS) is 27.5. The molecule has 0 radical (unpaired) electrons. The highest BCUT2D eigenvalue weighted by atomic mass is 35.5. The summed E-state index contributed by atoms with van der Waals surface area (Å²) in [4.78, 5) is 12.2. The second-order valence-electron chi connectivity index (χ2n) is 7.67. The molecular weight excluding hydrogens is 350 g/mol. The van der Waals surface area contributed by atoms with Crippen molar-refractivity contribution in [1.29, 1.82) is 0 Å². The van der Waals surface area contributed by atoms with Gasteiger partial charge < -0.3 is 15.2 Å². The van der Waals surface area contributed by atoms with E-state index in [1.807, 2.05) is 13.0 Å². The first kappa shape index (κ1) is 22.9. The Labute approximate surface area is 164 Å². The molecule has 1 aromatic rings. The number of benzene rings is 1. The summed E-state index contributed by atoms with van der Waals surface area (Å²) in [6.45, 7) is 6.89. The lowest BCUT2D eigenvalue weighted by Crippen LogP contribution is -2.43. The third-order valence-corrected chi connectivity index (χ3v) is 4.83. The molecule has 4 atom stereocenters. The number of nitrogens with two attached hydrogens (primary N) is 1. The Hall–Kier alpha value is -1.10. The molecule has 0 aromatic heterocycles. The highest BCUT2D eigenvalue weighted by Gasteiger charge is 2.32. The van der Waals surface area contributed by atoms with Crippen molar-refractivity contribution in [2.45, 2.75) is 71.1 Å². The molecule has 0 aliphatic carbocycles. The van der Waals surface area contributed by atoms with Crippen molar-refractivity contribution in [3.05, 3.63) is 35.9 Å². The Bertz CT molecular complexity index is 523. The van der Waals surface area contributed by atoms with E-state index in [9.17, 15) is 4.79 Å². The van der Waals surface area contributed by atoms with E-state index in [2.05, 4.69) is 38.1 Å². The number of esters is 1. The van der Waals surface area contributed by atoms with Crippen LogP contribution in [0.1, 0.15) is 52.0 Å². The Kier molecular flexibility index (Phi) is 10.2. The molecule has 1 heterocycles. The SMILES string of the molecule is CC(C)CO[C@@H]1[C@@H](Cc2ccccc2)CCCC[C@H](N)C(=O)O[C@H]1C.Cl. The van der Waals surface area contributed by atoms with Gasteiger partial charge in [-0.05, 0) is 43.6 Å². The smallest absolute Gasteiger partial charge is 0.323 e. The summed E-state index contributed by atoms with van der Waals surface area (Å²) in [5.41, 5.74) is 7.24. The molecular formula is C21H34ClNO3. The van der Waals surface area contributed by atoms with Crippen LogP contribution in [0.3, 0.4) is 0 Å². The van der Waals surface area contributed by atoms with E-state index >= 15 is 0 Å². The summed E-state index contributed by atoms with van der Waals surface area (Å²) in [7, 11) is 0. The van der Waals surface area contributed by atoms with Crippen molar-refractivity contribution < 1.29 is 14.3 Å². The first-order valence-electron chi connectivity index (χ1n) is 9.59. The fraction of sp³-hybridized carbons (Fsp3) is 0.667. The molecule has 4 nitrogen and oxygen atoms in total. The van der Waals surface area contributed by atoms with Gasteiger partial charge in [0, 0.05) is 6.61 Å². The van der Waals surface area contributed by atoms with Crippen LogP contribution in [0.15, 0.2) is 30.3 Å². The number of carbonyl (C=O) groups excluding carboxylic acids is 1. The topological polar surface area (TPSA) is 61.5 Å². The molecule has 0 spiro atoms. The molecule has 1 aromatic carbocycles. The van der Waals surface area contributed by atoms with Gasteiger partial charge >= 0.3 is 5.97 Å². The van der Waals surface area contributed by atoms with Gasteiger partial charge in [-0.1, -0.05) is 57.0 Å². The number of halogens is 1. The van der Waals surface area contributed by atoms with Crippen LogP contribution in [0.4, 0.5) is 0 Å². The third-order valence-electron chi connectivity index (χ3n) is 4.83. The predicted octanol–water partition coefficient (Wildman–Crippen LogP) is 4.14. The van der Waals surface area contributed by atoms with Crippen molar-refractivity contribution in [2.75, 3.05) is 6.61 Å². The molecule has 1 fully saturated rings. The van der Waals surface area contributed by atoms with Gasteiger partial charge in [-0.15, -0.1) is 12.4 Å². The molecule has 5 heteroatoms. The lowest BCUT2D eigenvalue weighted by atomic mass is 9.86. The lowest BCUT2D eigenvalue weighted by molar-refractivity contribution is -0.162. The van der Waals surface area contributed by atoms with Gasteiger partial charge in [-0.2, -0.15) is 0 Å². The zero-order valence-corrected chi connectivity index (χ0v) is 17.0. The van der Waals surface area contributed by atoms with Gasteiger partial charge in [0.2, 0.25) is 0 Å². The zero-order chi connectivity index (χ0) is 18.2. The number of rotatable bonds is 5. The van der Waals surface area contributed by atoms with Crippen LogP contribution in [0.25, 0.3) is 0 Å². The van der Waals surface area contributed by atoms with E-state index in [0.29, 0.717) is 24.9 Å². The Morgan fingerprint density at radius 1 is 1.19 bits per heavy atom. The zero-order valence-electron chi connectivity index (χ0n) is 16.2. The minimum absolute atomic E-state index is 0. The molecule has 0 unspecified atom stereocenters. The maximum absolute atomic E-state index is 12.2. The predicted molar refractivity (Wildman–Crippen MR) is 107 cm³/mol. The van der Waals surface area contributed by atoms with Gasteiger partial charge in [0.05, 0.1) is 6.10 Å². The first-order valence-corrected chi connectivity index (χ1v) is 9.59. The van der Waals surface area contributed by atoms with Crippen molar-refractivity contribution in [3.8, 4) is 0 Å². The molecule has 0 bridgehead atoms. The second-order valence-corrected chi connectivity index (χ2v) is 7.67. The summed E-state index contributed by atoms with van der Waals surface area (Å²) < 4.78 is 11.9. The average molecular weight is 384 g/mol. The van der Waals surface area contributed by atoms with Crippen LogP contribution in [0, 0.1) is 11.8 Å². The summed E-state index contributed by atoms with van der Waals surface area (Å²) in [6, 6.07) is 9.98. The molecule has 1 aliphatic heterocycles. The lowest BCUT2D eigenvalue weighted by Gasteiger charge is -2.34. The largest absolute Gasteiger partial charge is 0.459 e. The van der Waals surface area contributed by atoms with Crippen LogP contribution in [0.5, 0.6) is 0 Å². The van der Waals surface area contributed by atoms with Crippen molar-refractivity contribution in [1.82, 2.24) is 0 Å². The van der Waals surface area contributed by atoms with E-state index in [4.69, 9.17) is 15.2 Å². The van der Waals surface area contributed by atoms with E-state index in [-0.39, 0.29) is 30.6 Å². The van der Waals surface area contributed by atoms with Crippen LogP contribution in [0.2, 0.25) is 0 Å². The molecule has 148 valence electrons. The number of cyclic esters (lactones) is 1. The summed E-state index contributed by atoms with van der Waals surface area (Å²) >= 11 is 0. The monoisotopic (exact) mass is 383 g/mol. The van der Waals surface area contributed by atoms with Gasteiger partial charge in [0.25, 0.3) is 0 Å². The van der Waals surface area contributed by atoms with Gasteiger partial charge in [0.15, 0.2) is 0 Å². The molecule has 26 heavy (non-hydrogen) atoms. The van der Waals surface area contributed by atoms with Crippen LogP contribution in [-0.2, 0) is 20.7 Å². The summed E-state index contributed by atoms with van der Waals surface area (Å²) in [6.07, 6.45) is 4.32. The van der Waals surface area contributed by atoms with E-state index in [0.717, 1.165) is 25.7 Å². The van der Waals surface area contributed by atoms with Crippen molar-refractivity contribution in [3.63, 3.8) is 0 Å². The van der Waals surface area contributed by atoms with E-state index in [1.54, 1.807) is 0 Å². The van der Waals surface area contributed by atoms with Crippen LogP contribution in [-0.4, -0.2) is 30.8 Å². The van der Waals surface area contributed by atoms with Crippen molar-refractivity contribution in [2.24, 2.45) is 17.6 Å². The number of hydrogen-bond donors (Lipinski definition) is 1. The van der Waals surface area contributed by atoms with E-state index < -0.39 is 6.04 Å². The second kappa shape index (κ2) is 11.6. The number of ether oxygens (including phenoxy) is 2. The minimum Gasteiger partial charge on any atom is -0.459 e. The van der Waals surface area contributed by atoms with Crippen LogP contribution < -0.4 is 5.73 Å². The highest BCUT2D eigenvalue weighted by Crippen LogP contribution is 2.27. The maximum Gasteiger partial charge on any atom is 0.323 e. The average Bonchev–Trinajstić information content (AvgIpc) is 2.58. The fourth-order valence-corrected chi connectivity index (χ4v) is 3.48. The third kappa shape index (κ3) is 7.26. The standard InChI is InChI=1S/C21H33NO3.ClH/c1-15(2)14-24-20-16(3)25-21(23)19(22)12-8-7-11-18(20)13-17-9-5-4-6-10-17;/h4-6,9-10,15-16,18-20H,7-8,11-14,22H2,1-3H3;1H/t16-,18+,19-,20-;/m0./s1. The first-order chi connectivity index (χ1) is 12.0. The molecule has 2 N–H and O–H groups in total. The Balaban J connectivity index is 0.00000338. The Morgan fingerprint density at radius 2 is 1.85 bits per heavy atom. The van der Waals surface area contributed by atoms with Gasteiger partial charge in [0.1, 0.15) is 12.1 Å². The Morgan fingerprint density at radius 3 is 2.50 bits per heavy atom. The summed E-state index contributed by atoms with van der Waals surface area (Å²) in [5.74, 6) is 0.474.